The highest BCUT2D eigenvalue weighted by atomic mass is 16.7. The molecule has 1 aromatic rings. The summed E-state index contributed by atoms with van der Waals surface area (Å²) in [5.74, 6) is 2.47. The molecule has 6 nitrogen and oxygen atoms in total. The normalized spacial score (nSPS) is 26.1. The Hall–Kier alpha value is -1.79. The van der Waals surface area contributed by atoms with Gasteiger partial charge >= 0.3 is 0 Å². The number of ether oxygens (including phenoxy) is 2. The number of nitrogens with zero attached hydrogens (tertiary/aromatic N) is 3. The van der Waals surface area contributed by atoms with Crippen LogP contribution in [0.1, 0.15) is 50.5 Å². The van der Waals surface area contributed by atoms with Gasteiger partial charge in [0, 0.05) is 57.8 Å². The lowest BCUT2D eigenvalue weighted by atomic mass is 9.87. The van der Waals surface area contributed by atoms with Crippen molar-refractivity contribution in [2.45, 2.75) is 57.5 Å². The van der Waals surface area contributed by atoms with Crippen LogP contribution in [0.4, 0.5) is 0 Å². The number of carbonyl (C=O) groups is 1. The highest BCUT2D eigenvalue weighted by Crippen LogP contribution is 2.33. The van der Waals surface area contributed by atoms with Crippen molar-refractivity contribution in [2.24, 2.45) is 5.92 Å². The minimum absolute atomic E-state index is 0.302. The lowest BCUT2D eigenvalue weighted by Crippen LogP contribution is -2.56. The van der Waals surface area contributed by atoms with Gasteiger partial charge in [-0.1, -0.05) is 25.3 Å². The molecule has 1 atom stereocenters. The first-order chi connectivity index (χ1) is 14.8. The van der Waals surface area contributed by atoms with E-state index in [9.17, 15) is 4.79 Å². The third-order valence-electron chi connectivity index (χ3n) is 7.43. The number of amides is 1. The van der Waals surface area contributed by atoms with Crippen LogP contribution in [0.2, 0.25) is 0 Å². The number of piperidine rings is 1. The molecular formula is C24H35N3O3. The molecule has 0 N–H and O–H groups in total. The first-order valence-electron chi connectivity index (χ1n) is 11.9. The Morgan fingerprint density at radius 2 is 1.70 bits per heavy atom. The fourth-order valence-corrected chi connectivity index (χ4v) is 5.64. The van der Waals surface area contributed by atoms with E-state index < -0.39 is 0 Å². The Bertz CT molecular complexity index is 741. The van der Waals surface area contributed by atoms with Crippen LogP contribution in [0.15, 0.2) is 18.2 Å². The molecule has 1 aliphatic carbocycles. The second kappa shape index (κ2) is 9.15. The highest BCUT2D eigenvalue weighted by Gasteiger charge is 2.33. The number of carbonyl (C=O) groups excluding carboxylic acids is 1. The lowest BCUT2D eigenvalue weighted by molar-refractivity contribution is -0.139. The summed E-state index contributed by atoms with van der Waals surface area (Å²) in [5.41, 5.74) is 1.29. The molecule has 1 amide bonds. The van der Waals surface area contributed by atoms with E-state index in [1.807, 2.05) is 6.07 Å². The van der Waals surface area contributed by atoms with Crippen molar-refractivity contribution in [2.75, 3.05) is 46.1 Å². The molecule has 3 fully saturated rings. The van der Waals surface area contributed by atoms with E-state index in [-0.39, 0.29) is 0 Å². The monoisotopic (exact) mass is 413 g/mol. The summed E-state index contributed by atoms with van der Waals surface area (Å²) in [4.78, 5) is 20.4. The Morgan fingerprint density at radius 3 is 2.53 bits per heavy atom. The molecule has 3 aliphatic heterocycles. The predicted octanol–water partition coefficient (Wildman–Crippen LogP) is 3.10. The summed E-state index contributed by atoms with van der Waals surface area (Å²) in [6, 6.07) is 6.83. The van der Waals surface area contributed by atoms with Crippen molar-refractivity contribution < 1.29 is 14.3 Å². The van der Waals surface area contributed by atoms with E-state index in [0.717, 1.165) is 76.6 Å². The van der Waals surface area contributed by atoms with Crippen molar-refractivity contribution in [3.63, 3.8) is 0 Å². The molecule has 1 aromatic carbocycles. The van der Waals surface area contributed by atoms with Crippen LogP contribution in [0.3, 0.4) is 0 Å². The van der Waals surface area contributed by atoms with Gasteiger partial charge in [-0.25, -0.2) is 0 Å². The molecule has 1 saturated carbocycles. The zero-order valence-corrected chi connectivity index (χ0v) is 18.1. The van der Waals surface area contributed by atoms with Gasteiger partial charge in [-0.2, -0.15) is 0 Å². The average Bonchev–Trinajstić information content (AvgIpc) is 3.28. The number of benzene rings is 1. The molecule has 30 heavy (non-hydrogen) atoms. The van der Waals surface area contributed by atoms with E-state index >= 15 is 0 Å². The van der Waals surface area contributed by atoms with Crippen molar-refractivity contribution >= 4 is 5.91 Å². The van der Waals surface area contributed by atoms with Gasteiger partial charge in [-0.05, 0) is 43.4 Å². The molecule has 164 valence electrons. The zero-order valence-electron chi connectivity index (χ0n) is 18.1. The number of piperazine rings is 1. The molecule has 0 aromatic heterocycles. The molecule has 3 heterocycles. The summed E-state index contributed by atoms with van der Waals surface area (Å²) in [7, 11) is 0. The molecule has 5 rings (SSSR count). The third-order valence-corrected chi connectivity index (χ3v) is 7.43. The summed E-state index contributed by atoms with van der Waals surface area (Å²) >= 11 is 0. The van der Waals surface area contributed by atoms with Crippen LogP contribution in [-0.4, -0.2) is 72.7 Å². The molecule has 0 bridgehead atoms. The number of rotatable bonds is 4. The standard InChI is InChI=1S/C24H35N3O3/c28-24(20-5-2-1-3-6-20)27-10-4-7-21(17-27)26-13-11-25(12-14-26)16-19-8-9-22-23(15-19)30-18-29-22/h8-9,15,20-21H,1-7,10-14,16-18H2/t21-/m1/s1. The van der Waals surface area contributed by atoms with Gasteiger partial charge in [-0.3, -0.25) is 14.6 Å². The number of hydrogen-bond donors (Lipinski definition) is 0. The van der Waals surface area contributed by atoms with Gasteiger partial charge in [0.1, 0.15) is 0 Å². The number of likely N-dealkylation sites (tertiary alicyclic amines) is 1. The minimum atomic E-state index is 0.302. The van der Waals surface area contributed by atoms with Crippen LogP contribution in [0.5, 0.6) is 11.5 Å². The van der Waals surface area contributed by atoms with Gasteiger partial charge < -0.3 is 14.4 Å². The van der Waals surface area contributed by atoms with Crippen LogP contribution in [0, 0.1) is 5.92 Å². The Labute approximate surface area is 180 Å². The second-order valence-electron chi connectivity index (χ2n) is 9.41. The largest absolute Gasteiger partial charge is 0.454 e. The van der Waals surface area contributed by atoms with Crippen LogP contribution < -0.4 is 9.47 Å². The fraction of sp³-hybridized carbons (Fsp3) is 0.708. The lowest BCUT2D eigenvalue weighted by Gasteiger charge is -2.44. The maximum atomic E-state index is 13.0. The molecular weight excluding hydrogens is 378 g/mol. The van der Waals surface area contributed by atoms with Gasteiger partial charge in [0.15, 0.2) is 11.5 Å². The summed E-state index contributed by atoms with van der Waals surface area (Å²) in [5, 5.41) is 0. The van der Waals surface area contributed by atoms with Crippen LogP contribution in [0.25, 0.3) is 0 Å². The second-order valence-corrected chi connectivity index (χ2v) is 9.41. The summed E-state index contributed by atoms with van der Waals surface area (Å²) in [6.45, 7) is 7.57. The zero-order chi connectivity index (χ0) is 20.3. The molecule has 0 spiro atoms. The maximum absolute atomic E-state index is 13.0. The smallest absolute Gasteiger partial charge is 0.231 e. The molecule has 6 heteroatoms. The highest BCUT2D eigenvalue weighted by molar-refractivity contribution is 5.79. The van der Waals surface area contributed by atoms with Gasteiger partial charge in [-0.15, -0.1) is 0 Å². The van der Waals surface area contributed by atoms with E-state index in [4.69, 9.17) is 9.47 Å². The summed E-state index contributed by atoms with van der Waals surface area (Å²) in [6.07, 6.45) is 8.38. The topological polar surface area (TPSA) is 45.3 Å². The average molecular weight is 414 g/mol. The van der Waals surface area contributed by atoms with E-state index in [1.54, 1.807) is 0 Å². The Morgan fingerprint density at radius 1 is 0.900 bits per heavy atom. The van der Waals surface area contributed by atoms with Gasteiger partial charge in [0.25, 0.3) is 0 Å². The first kappa shape index (κ1) is 20.1. The first-order valence-corrected chi connectivity index (χ1v) is 11.9. The molecule has 0 radical (unpaired) electrons. The van der Waals surface area contributed by atoms with E-state index in [1.165, 1.54) is 31.2 Å². The third kappa shape index (κ3) is 4.45. The Balaban J connectivity index is 1.11. The summed E-state index contributed by atoms with van der Waals surface area (Å²) < 4.78 is 10.9. The Kier molecular flexibility index (Phi) is 6.14. The fourth-order valence-electron chi connectivity index (χ4n) is 5.64. The minimum Gasteiger partial charge on any atom is -0.454 e. The quantitative estimate of drug-likeness (QED) is 0.759. The SMILES string of the molecule is O=C(C1CCCCC1)N1CCC[C@@H](N2CCN(Cc3ccc4c(c3)OCO4)CC2)C1. The van der Waals surface area contributed by atoms with Gasteiger partial charge in [0.05, 0.1) is 0 Å². The van der Waals surface area contributed by atoms with Crippen LogP contribution in [-0.2, 0) is 11.3 Å². The van der Waals surface area contributed by atoms with Gasteiger partial charge in [0.2, 0.25) is 12.7 Å². The van der Waals surface area contributed by atoms with Crippen molar-refractivity contribution in [3.8, 4) is 11.5 Å². The van der Waals surface area contributed by atoms with Crippen LogP contribution >= 0.6 is 0 Å². The molecule has 4 aliphatic rings. The van der Waals surface area contributed by atoms with E-state index in [2.05, 4.69) is 26.8 Å². The number of fused-ring (bicyclic) bond motifs is 1. The molecule has 2 saturated heterocycles. The van der Waals surface area contributed by atoms with Crippen molar-refractivity contribution in [3.05, 3.63) is 23.8 Å². The maximum Gasteiger partial charge on any atom is 0.231 e. The van der Waals surface area contributed by atoms with E-state index in [0.29, 0.717) is 24.7 Å². The van der Waals surface area contributed by atoms with Crippen molar-refractivity contribution in [1.29, 1.82) is 0 Å². The van der Waals surface area contributed by atoms with Crippen molar-refractivity contribution in [1.82, 2.24) is 14.7 Å². The predicted molar refractivity (Wildman–Crippen MR) is 116 cm³/mol. The number of hydrogen-bond acceptors (Lipinski definition) is 5. The molecule has 0 unspecified atom stereocenters.